The average molecular weight is 225 g/mol. The van der Waals surface area contributed by atoms with Crippen molar-refractivity contribution in [2.45, 2.75) is 26.3 Å². The monoisotopic (exact) mass is 225 g/mol. The van der Waals surface area contributed by atoms with Gasteiger partial charge in [-0.2, -0.15) is 12.3 Å². The van der Waals surface area contributed by atoms with E-state index in [1.807, 2.05) is 6.07 Å². The number of aromatic nitrogens is 2. The van der Waals surface area contributed by atoms with E-state index in [0.29, 0.717) is 12.5 Å². The van der Waals surface area contributed by atoms with Crippen LogP contribution in [0.2, 0.25) is 0 Å². The van der Waals surface area contributed by atoms with E-state index in [-0.39, 0.29) is 32.7 Å². The molecule has 0 spiro atoms. The van der Waals surface area contributed by atoms with Crippen molar-refractivity contribution < 1.29 is 32.7 Å². The molecule has 11 heavy (non-hydrogen) atoms. The zero-order valence-electron chi connectivity index (χ0n) is 7.04. The molecule has 0 bridgehead atoms. The van der Waals surface area contributed by atoms with Crippen molar-refractivity contribution in [3.8, 4) is 0 Å². The van der Waals surface area contributed by atoms with Crippen molar-refractivity contribution in [1.29, 1.82) is 0 Å². The molecule has 1 heterocycles. The first-order valence-electron chi connectivity index (χ1n) is 3.48. The molecule has 2 nitrogen and oxygen atoms in total. The Morgan fingerprint density at radius 1 is 1.73 bits per heavy atom. The quantitative estimate of drug-likeness (QED) is 0.699. The fourth-order valence-corrected chi connectivity index (χ4v) is 0.734. The molecule has 0 saturated heterocycles. The van der Waals surface area contributed by atoms with Crippen LogP contribution in [0, 0.1) is 13.1 Å². The second-order valence-corrected chi connectivity index (χ2v) is 2.58. The van der Waals surface area contributed by atoms with E-state index in [0.717, 1.165) is 5.69 Å². The summed E-state index contributed by atoms with van der Waals surface area (Å²) in [6.07, 6.45) is 2.98. The van der Waals surface area contributed by atoms with Gasteiger partial charge in [0.15, 0.2) is 0 Å². The topological polar surface area (TPSA) is 17.8 Å². The first-order chi connectivity index (χ1) is 4.74. The molecule has 0 unspecified atom stereocenters. The molecule has 3 heteroatoms. The summed E-state index contributed by atoms with van der Waals surface area (Å²) < 4.78 is 1.72. The molecule has 1 rings (SSSR count). The third kappa shape index (κ3) is 3.04. The maximum atomic E-state index is 4.23. The molecule has 0 aliphatic heterocycles. The average Bonchev–Trinajstić information content (AvgIpc) is 2.34. The summed E-state index contributed by atoms with van der Waals surface area (Å²) in [4.78, 5) is 0. The molecule has 0 N–H and O–H groups in total. The summed E-state index contributed by atoms with van der Waals surface area (Å²) in [5.74, 6) is 0.490. The largest absolute Gasteiger partial charge is 0.406 e. The second kappa shape index (κ2) is 5.05. The van der Waals surface area contributed by atoms with Gasteiger partial charge in [0.25, 0.3) is 0 Å². The molecular weight excluding hydrogens is 213 g/mol. The fourth-order valence-electron chi connectivity index (χ4n) is 0.734. The standard InChI is InChI=1S/C8H12N2.Y/c1-4-10-6-5-8(9-10)7(2)3;/h5,7H,1,4H2,2-3H3;/q-2;. The number of nitrogens with zero attached hydrogens (tertiary/aromatic N) is 2. The van der Waals surface area contributed by atoms with Crippen LogP contribution in [0.25, 0.3) is 0 Å². The molecule has 0 saturated carbocycles. The third-order valence-corrected chi connectivity index (χ3v) is 1.40. The van der Waals surface area contributed by atoms with E-state index in [9.17, 15) is 0 Å². The SMILES string of the molecule is [CH2-]Cn1[c-]cc(C(C)C)n1.[Y]. The van der Waals surface area contributed by atoms with E-state index in [4.69, 9.17) is 0 Å². The van der Waals surface area contributed by atoms with Crippen LogP contribution < -0.4 is 0 Å². The van der Waals surface area contributed by atoms with Gasteiger partial charge in [-0.25, -0.2) is 0 Å². The van der Waals surface area contributed by atoms with Crippen LogP contribution in [0.15, 0.2) is 6.07 Å². The number of hydrogen-bond acceptors (Lipinski definition) is 1. The van der Waals surface area contributed by atoms with Crippen LogP contribution in [0.5, 0.6) is 0 Å². The van der Waals surface area contributed by atoms with Crippen molar-refractivity contribution >= 4 is 0 Å². The van der Waals surface area contributed by atoms with Gasteiger partial charge in [-0.3, -0.25) is 5.10 Å². The smallest absolute Gasteiger partial charge is 0 e. The summed E-state index contributed by atoms with van der Waals surface area (Å²) in [5.41, 5.74) is 1.09. The van der Waals surface area contributed by atoms with E-state index < -0.39 is 0 Å². The molecule has 1 aromatic heterocycles. The molecule has 0 aliphatic rings. The van der Waals surface area contributed by atoms with E-state index in [2.05, 4.69) is 32.1 Å². The van der Waals surface area contributed by atoms with E-state index in [1.54, 1.807) is 4.68 Å². The first-order valence-corrected chi connectivity index (χ1v) is 3.48. The predicted molar refractivity (Wildman–Crippen MR) is 40.5 cm³/mol. The summed E-state index contributed by atoms with van der Waals surface area (Å²) in [6.45, 7) is 8.59. The van der Waals surface area contributed by atoms with Gasteiger partial charge in [0, 0.05) is 32.7 Å². The van der Waals surface area contributed by atoms with Crippen LogP contribution in [0.4, 0.5) is 0 Å². The van der Waals surface area contributed by atoms with E-state index in [1.165, 1.54) is 0 Å². The van der Waals surface area contributed by atoms with Crippen molar-refractivity contribution in [3.05, 3.63) is 24.9 Å². The third-order valence-electron chi connectivity index (χ3n) is 1.40. The first kappa shape index (κ1) is 11.3. The van der Waals surface area contributed by atoms with Crippen molar-refractivity contribution in [1.82, 2.24) is 9.78 Å². The summed E-state index contributed by atoms with van der Waals surface area (Å²) in [5, 5.41) is 4.23. The van der Waals surface area contributed by atoms with Crippen molar-refractivity contribution in [2.24, 2.45) is 0 Å². The van der Waals surface area contributed by atoms with Gasteiger partial charge in [0.2, 0.25) is 0 Å². The fraction of sp³-hybridized carbons (Fsp3) is 0.500. The molecule has 0 atom stereocenters. The molecule has 1 radical (unpaired) electrons. The minimum Gasteiger partial charge on any atom is -0.406 e. The summed E-state index contributed by atoms with van der Waals surface area (Å²) in [7, 11) is 0. The van der Waals surface area contributed by atoms with Gasteiger partial charge in [-0.1, -0.05) is 25.5 Å². The Kier molecular flexibility index (Phi) is 5.19. The Balaban J connectivity index is 0.000001000. The maximum Gasteiger partial charge on any atom is 0 e. The van der Waals surface area contributed by atoms with Gasteiger partial charge in [-0.15, -0.1) is 6.54 Å². The summed E-state index contributed by atoms with van der Waals surface area (Å²) in [6, 6.07) is 1.91. The van der Waals surface area contributed by atoms with Crippen LogP contribution >= 0.6 is 0 Å². The van der Waals surface area contributed by atoms with Crippen LogP contribution in [-0.2, 0) is 39.3 Å². The van der Waals surface area contributed by atoms with Crippen molar-refractivity contribution in [3.63, 3.8) is 0 Å². The van der Waals surface area contributed by atoms with Gasteiger partial charge in [0.05, 0.1) is 0 Å². The number of rotatable bonds is 2. The molecule has 0 fully saturated rings. The Labute approximate surface area is 93.2 Å². The Morgan fingerprint density at radius 2 is 2.36 bits per heavy atom. The Hall–Kier alpha value is 0.314. The van der Waals surface area contributed by atoms with Crippen LogP contribution in [-0.4, -0.2) is 9.78 Å². The van der Waals surface area contributed by atoms with E-state index >= 15 is 0 Å². The maximum absolute atomic E-state index is 4.23. The number of hydrogen-bond donors (Lipinski definition) is 0. The molecule has 0 aliphatic carbocycles. The van der Waals surface area contributed by atoms with Crippen LogP contribution in [0.3, 0.4) is 0 Å². The zero-order chi connectivity index (χ0) is 7.56. The molecule has 59 valence electrons. The zero-order valence-corrected chi connectivity index (χ0v) is 9.88. The summed E-state index contributed by atoms with van der Waals surface area (Å²) >= 11 is 0. The normalized spacial score (nSPS) is 9.82. The van der Waals surface area contributed by atoms with Gasteiger partial charge in [-0.05, 0) is 0 Å². The minimum atomic E-state index is 0. The van der Waals surface area contributed by atoms with Gasteiger partial charge >= 0.3 is 0 Å². The Bertz CT molecular complexity index is 206. The molecule has 1 aromatic rings. The molecular formula is C8H12N2Y-2. The van der Waals surface area contributed by atoms with Crippen molar-refractivity contribution in [2.75, 3.05) is 0 Å². The minimum absolute atomic E-state index is 0. The van der Waals surface area contributed by atoms with Gasteiger partial charge < -0.3 is 11.6 Å². The second-order valence-electron chi connectivity index (χ2n) is 2.58. The Morgan fingerprint density at radius 3 is 2.64 bits per heavy atom. The predicted octanol–water partition coefficient (Wildman–Crippen LogP) is 1.64. The molecule has 0 amide bonds. The van der Waals surface area contributed by atoms with Crippen LogP contribution in [0.1, 0.15) is 25.5 Å². The molecule has 0 aromatic carbocycles. The van der Waals surface area contributed by atoms with Gasteiger partial charge in [0.1, 0.15) is 0 Å².